The van der Waals surface area contributed by atoms with Gasteiger partial charge in [-0.3, -0.25) is 4.57 Å². The van der Waals surface area contributed by atoms with E-state index in [-0.39, 0.29) is 11.9 Å². The van der Waals surface area contributed by atoms with E-state index < -0.39 is 11.4 Å². The Labute approximate surface area is 156 Å². The zero-order valence-electron chi connectivity index (χ0n) is 13.0. The van der Waals surface area contributed by atoms with Crippen molar-refractivity contribution in [3.05, 3.63) is 60.6 Å². The first-order valence-electron chi connectivity index (χ1n) is 7.35. The van der Waals surface area contributed by atoms with Crippen LogP contribution in [-0.2, 0) is 6.54 Å². The topological polar surface area (TPSA) is 65.1 Å². The number of halogens is 2. The normalized spacial score (nSPS) is 10.5. The maximum Gasteiger partial charge on any atom is 0.423 e. The number of hydrogen-bond donors (Lipinski definition) is 0. The van der Waals surface area contributed by atoms with Crippen molar-refractivity contribution in [1.29, 1.82) is 0 Å². The van der Waals surface area contributed by atoms with Gasteiger partial charge in [0.05, 0.1) is 10.9 Å². The summed E-state index contributed by atoms with van der Waals surface area (Å²) in [5.41, 5.74) is -0.359. The highest BCUT2D eigenvalue weighted by Gasteiger charge is 2.11. The first-order chi connectivity index (χ1) is 11.6. The smallest absolute Gasteiger partial charge is 0.372 e. The van der Waals surface area contributed by atoms with Gasteiger partial charge in [0.2, 0.25) is 0 Å². The van der Waals surface area contributed by atoms with Gasteiger partial charge in [-0.15, -0.1) is 11.3 Å². The SMILES string of the molecule is CCCCBr.O=c1oc(=O)n(Cc2ccc(Cl)s2)c2ncccc12. The lowest BCUT2D eigenvalue weighted by molar-refractivity contribution is 0.424. The fourth-order valence-electron chi connectivity index (χ4n) is 1.91. The van der Waals surface area contributed by atoms with Gasteiger partial charge in [-0.05, 0) is 30.7 Å². The first kappa shape index (κ1) is 18.9. The van der Waals surface area contributed by atoms with Gasteiger partial charge in [0.15, 0.2) is 5.65 Å². The maximum atomic E-state index is 11.8. The highest BCUT2D eigenvalue weighted by atomic mass is 79.9. The predicted octanol–water partition coefficient (Wildman–Crippen LogP) is 4.29. The minimum absolute atomic E-state index is 0.271. The summed E-state index contributed by atoms with van der Waals surface area (Å²) in [6, 6.07) is 6.77. The van der Waals surface area contributed by atoms with Crippen molar-refractivity contribution in [2.24, 2.45) is 0 Å². The average molecular weight is 432 g/mol. The molecule has 3 aromatic rings. The van der Waals surface area contributed by atoms with Gasteiger partial charge in [-0.2, -0.15) is 0 Å². The Morgan fingerprint density at radius 1 is 1.33 bits per heavy atom. The predicted molar refractivity (Wildman–Crippen MR) is 102 cm³/mol. The summed E-state index contributed by atoms with van der Waals surface area (Å²) >= 11 is 10.5. The van der Waals surface area contributed by atoms with Crippen LogP contribution >= 0.6 is 38.9 Å². The zero-order valence-corrected chi connectivity index (χ0v) is 16.2. The number of hydrogen-bond acceptors (Lipinski definition) is 5. The van der Waals surface area contributed by atoms with E-state index in [0.717, 1.165) is 10.2 Å². The van der Waals surface area contributed by atoms with E-state index in [0.29, 0.717) is 9.98 Å². The van der Waals surface area contributed by atoms with Crippen LogP contribution in [0.4, 0.5) is 0 Å². The van der Waals surface area contributed by atoms with Crippen molar-refractivity contribution in [3.63, 3.8) is 0 Å². The molecule has 0 bridgehead atoms. The number of rotatable bonds is 4. The molecule has 3 rings (SSSR count). The molecule has 0 atom stereocenters. The van der Waals surface area contributed by atoms with E-state index in [4.69, 9.17) is 11.6 Å². The van der Waals surface area contributed by atoms with Crippen LogP contribution < -0.4 is 11.4 Å². The summed E-state index contributed by atoms with van der Waals surface area (Å²) in [6.07, 6.45) is 4.13. The Balaban J connectivity index is 0.000000368. The summed E-state index contributed by atoms with van der Waals surface area (Å²) in [6.45, 7) is 2.45. The molecule has 0 aliphatic rings. The monoisotopic (exact) mass is 430 g/mol. The Kier molecular flexibility index (Phi) is 7.20. The van der Waals surface area contributed by atoms with Crippen LogP contribution in [0.1, 0.15) is 24.6 Å². The third-order valence-corrected chi connectivity index (χ3v) is 4.87. The van der Waals surface area contributed by atoms with E-state index in [1.807, 2.05) is 6.07 Å². The van der Waals surface area contributed by atoms with E-state index >= 15 is 0 Å². The third kappa shape index (κ3) is 4.78. The minimum atomic E-state index is -0.722. The molecule has 0 spiro atoms. The molecule has 0 saturated carbocycles. The second-order valence-electron chi connectivity index (χ2n) is 4.86. The molecule has 8 heteroatoms. The number of pyridine rings is 1. The van der Waals surface area contributed by atoms with Crippen LogP contribution in [0.2, 0.25) is 4.34 Å². The molecule has 0 radical (unpaired) electrons. The van der Waals surface area contributed by atoms with Crippen LogP contribution in [0, 0.1) is 0 Å². The van der Waals surface area contributed by atoms with E-state index in [2.05, 4.69) is 32.3 Å². The number of thiophene rings is 1. The molecule has 24 heavy (non-hydrogen) atoms. The highest BCUT2D eigenvalue weighted by molar-refractivity contribution is 9.09. The van der Waals surface area contributed by atoms with Crippen molar-refractivity contribution < 1.29 is 4.42 Å². The Bertz CT molecular complexity index is 917. The number of nitrogens with zero attached hydrogens (tertiary/aromatic N) is 2. The molecule has 0 unspecified atom stereocenters. The molecule has 0 aromatic carbocycles. The largest absolute Gasteiger partial charge is 0.423 e. The lowest BCUT2D eigenvalue weighted by Gasteiger charge is -2.05. The number of alkyl halides is 1. The molecule has 0 N–H and O–H groups in total. The third-order valence-electron chi connectivity index (χ3n) is 3.09. The van der Waals surface area contributed by atoms with E-state index in [1.165, 1.54) is 34.9 Å². The number of unbranched alkanes of at least 4 members (excludes halogenated alkanes) is 1. The molecular formula is C16H16BrClN2O3S. The minimum Gasteiger partial charge on any atom is -0.372 e. The molecule has 0 saturated heterocycles. The fraction of sp³-hybridized carbons (Fsp3) is 0.312. The molecular weight excluding hydrogens is 416 g/mol. The van der Waals surface area contributed by atoms with Gasteiger partial charge in [0, 0.05) is 16.4 Å². The summed E-state index contributed by atoms with van der Waals surface area (Å²) in [5.74, 6) is -0.722. The lowest BCUT2D eigenvalue weighted by Crippen LogP contribution is -2.25. The quantitative estimate of drug-likeness (QED) is 0.578. The summed E-state index contributed by atoms with van der Waals surface area (Å²) in [7, 11) is 0. The molecule has 0 aliphatic heterocycles. The van der Waals surface area contributed by atoms with Crippen molar-refractivity contribution >= 4 is 49.9 Å². The Hall–Kier alpha value is -1.44. The first-order valence-corrected chi connectivity index (χ1v) is 9.67. The van der Waals surface area contributed by atoms with Crippen molar-refractivity contribution in [2.45, 2.75) is 26.3 Å². The molecule has 0 aliphatic carbocycles. The standard InChI is InChI=1S/C12H7ClN2O3S.C4H9Br/c13-9-4-3-7(19-9)6-15-10-8(2-1-5-14-10)11(16)18-12(15)17;1-2-3-4-5/h1-5H,6H2;2-4H2,1H3. The van der Waals surface area contributed by atoms with Gasteiger partial charge in [0.1, 0.15) is 5.39 Å². The second kappa shape index (κ2) is 9.15. The van der Waals surface area contributed by atoms with Gasteiger partial charge in [0.25, 0.3) is 0 Å². The fourth-order valence-corrected chi connectivity index (χ4v) is 3.55. The zero-order chi connectivity index (χ0) is 17.5. The van der Waals surface area contributed by atoms with Crippen LogP contribution in [0.5, 0.6) is 0 Å². The second-order valence-corrected chi connectivity index (χ2v) is 7.46. The number of aromatic nitrogens is 2. The number of fused-ring (bicyclic) bond motifs is 1. The van der Waals surface area contributed by atoms with Gasteiger partial charge < -0.3 is 4.42 Å². The maximum absolute atomic E-state index is 11.8. The summed E-state index contributed by atoms with van der Waals surface area (Å²) in [5, 5.41) is 1.44. The molecule has 5 nitrogen and oxygen atoms in total. The highest BCUT2D eigenvalue weighted by Crippen LogP contribution is 2.22. The molecule has 128 valence electrons. The lowest BCUT2D eigenvalue weighted by atomic mass is 10.3. The van der Waals surface area contributed by atoms with Crippen molar-refractivity contribution in [1.82, 2.24) is 9.55 Å². The van der Waals surface area contributed by atoms with Crippen LogP contribution in [0.15, 0.2) is 44.5 Å². The summed E-state index contributed by atoms with van der Waals surface area (Å²) < 4.78 is 6.64. The van der Waals surface area contributed by atoms with E-state index in [9.17, 15) is 9.59 Å². The average Bonchev–Trinajstić information content (AvgIpc) is 2.98. The molecule has 0 fully saturated rings. The Morgan fingerprint density at radius 2 is 2.12 bits per heavy atom. The van der Waals surface area contributed by atoms with Gasteiger partial charge >= 0.3 is 11.4 Å². The van der Waals surface area contributed by atoms with Crippen LogP contribution in [0.3, 0.4) is 0 Å². The molecule has 3 aromatic heterocycles. The van der Waals surface area contributed by atoms with Crippen LogP contribution in [0.25, 0.3) is 11.0 Å². The van der Waals surface area contributed by atoms with Crippen molar-refractivity contribution in [2.75, 3.05) is 5.33 Å². The van der Waals surface area contributed by atoms with Crippen LogP contribution in [-0.4, -0.2) is 14.9 Å². The molecule has 0 amide bonds. The Morgan fingerprint density at radius 3 is 2.71 bits per heavy atom. The van der Waals surface area contributed by atoms with Gasteiger partial charge in [-0.25, -0.2) is 14.6 Å². The van der Waals surface area contributed by atoms with Gasteiger partial charge in [-0.1, -0.05) is 40.9 Å². The van der Waals surface area contributed by atoms with Crippen molar-refractivity contribution in [3.8, 4) is 0 Å². The summed E-state index contributed by atoms with van der Waals surface area (Å²) in [4.78, 5) is 28.3. The molecule has 3 heterocycles. The van der Waals surface area contributed by atoms with E-state index in [1.54, 1.807) is 18.2 Å².